The SMILES string of the molecule is Oc1cc(-c2ccc(C(F)(F)F)cn2)c(F)cc1Cl. The van der Waals surface area contributed by atoms with Crippen LogP contribution in [0.2, 0.25) is 5.02 Å². The molecule has 0 radical (unpaired) electrons. The molecule has 1 aromatic carbocycles. The number of halogens is 5. The summed E-state index contributed by atoms with van der Waals surface area (Å²) in [6.07, 6.45) is -3.91. The summed E-state index contributed by atoms with van der Waals surface area (Å²) < 4.78 is 50.6. The van der Waals surface area contributed by atoms with Gasteiger partial charge in [0, 0.05) is 11.8 Å². The third kappa shape index (κ3) is 2.78. The van der Waals surface area contributed by atoms with Crippen LogP contribution in [0.3, 0.4) is 0 Å². The van der Waals surface area contributed by atoms with E-state index in [-0.39, 0.29) is 22.0 Å². The summed E-state index contributed by atoms with van der Waals surface area (Å²) in [5.74, 6) is -1.16. The van der Waals surface area contributed by atoms with Crippen molar-refractivity contribution in [2.45, 2.75) is 6.18 Å². The lowest BCUT2D eigenvalue weighted by Gasteiger charge is -2.08. The summed E-state index contributed by atoms with van der Waals surface area (Å²) in [5, 5.41) is 9.18. The summed E-state index contributed by atoms with van der Waals surface area (Å²) in [4.78, 5) is 3.53. The zero-order valence-corrected chi connectivity index (χ0v) is 9.93. The predicted molar refractivity (Wildman–Crippen MR) is 61.3 cm³/mol. The molecule has 0 bridgehead atoms. The van der Waals surface area contributed by atoms with E-state index in [9.17, 15) is 22.7 Å². The van der Waals surface area contributed by atoms with Gasteiger partial charge in [-0.25, -0.2) is 4.39 Å². The Labute approximate surface area is 110 Å². The number of pyridine rings is 1. The molecular weight excluding hydrogens is 286 g/mol. The van der Waals surface area contributed by atoms with E-state index in [1.807, 2.05) is 0 Å². The lowest BCUT2D eigenvalue weighted by atomic mass is 10.1. The van der Waals surface area contributed by atoms with Crippen LogP contribution in [-0.2, 0) is 6.18 Å². The number of rotatable bonds is 1. The van der Waals surface area contributed by atoms with Crippen LogP contribution in [-0.4, -0.2) is 10.1 Å². The molecule has 2 nitrogen and oxygen atoms in total. The minimum atomic E-state index is -4.51. The highest BCUT2D eigenvalue weighted by Crippen LogP contribution is 2.33. The minimum absolute atomic E-state index is 0.0301. The number of nitrogens with zero attached hydrogens (tertiary/aromatic N) is 1. The molecule has 0 aliphatic heterocycles. The van der Waals surface area contributed by atoms with Crippen LogP contribution in [0.25, 0.3) is 11.3 Å². The van der Waals surface area contributed by atoms with Gasteiger partial charge in [0.05, 0.1) is 16.3 Å². The van der Waals surface area contributed by atoms with Crippen LogP contribution >= 0.6 is 11.6 Å². The number of benzene rings is 1. The first-order valence-electron chi connectivity index (χ1n) is 5.00. The van der Waals surface area contributed by atoms with Gasteiger partial charge in [-0.2, -0.15) is 13.2 Å². The molecular formula is C12H6ClF4NO. The monoisotopic (exact) mass is 291 g/mol. The van der Waals surface area contributed by atoms with Gasteiger partial charge in [0.15, 0.2) is 0 Å². The first-order valence-corrected chi connectivity index (χ1v) is 5.38. The van der Waals surface area contributed by atoms with Gasteiger partial charge in [-0.3, -0.25) is 4.98 Å². The fourth-order valence-corrected chi connectivity index (χ4v) is 1.61. The zero-order chi connectivity index (χ0) is 14.2. The molecule has 0 aliphatic carbocycles. The molecule has 0 unspecified atom stereocenters. The Bertz CT molecular complexity index is 610. The maximum absolute atomic E-state index is 13.6. The summed E-state index contributed by atoms with van der Waals surface area (Å²) in [6.45, 7) is 0. The number of aromatic nitrogens is 1. The first kappa shape index (κ1) is 13.6. The van der Waals surface area contributed by atoms with E-state index in [4.69, 9.17) is 11.6 Å². The van der Waals surface area contributed by atoms with E-state index in [1.54, 1.807) is 0 Å². The Hall–Kier alpha value is -1.82. The average molecular weight is 292 g/mol. The molecule has 0 amide bonds. The largest absolute Gasteiger partial charge is 0.506 e. The Balaban J connectivity index is 2.46. The second kappa shape index (κ2) is 4.70. The summed E-state index contributed by atoms with van der Waals surface area (Å²) in [6, 6.07) is 3.68. The van der Waals surface area contributed by atoms with Gasteiger partial charge >= 0.3 is 6.18 Å². The van der Waals surface area contributed by atoms with Crippen LogP contribution in [0.4, 0.5) is 17.6 Å². The van der Waals surface area contributed by atoms with Crippen molar-refractivity contribution in [2.24, 2.45) is 0 Å². The van der Waals surface area contributed by atoms with Gasteiger partial charge in [-0.05, 0) is 24.3 Å². The quantitative estimate of drug-likeness (QED) is 0.796. The maximum atomic E-state index is 13.6. The predicted octanol–water partition coefficient (Wildman–Crippen LogP) is 4.27. The molecule has 0 atom stereocenters. The number of alkyl halides is 3. The molecule has 1 heterocycles. The van der Waals surface area contributed by atoms with Crippen LogP contribution in [0, 0.1) is 5.82 Å². The van der Waals surface area contributed by atoms with Crippen molar-refractivity contribution in [2.75, 3.05) is 0 Å². The van der Waals surface area contributed by atoms with Crippen molar-refractivity contribution in [3.8, 4) is 17.0 Å². The third-order valence-electron chi connectivity index (χ3n) is 2.40. The summed E-state index contributed by atoms with van der Waals surface area (Å²) in [5.41, 5.74) is -1.09. The van der Waals surface area contributed by atoms with Crippen molar-refractivity contribution in [1.29, 1.82) is 0 Å². The van der Waals surface area contributed by atoms with E-state index >= 15 is 0 Å². The Morgan fingerprint density at radius 2 is 1.84 bits per heavy atom. The molecule has 0 aliphatic rings. The molecule has 2 rings (SSSR count). The van der Waals surface area contributed by atoms with Crippen molar-refractivity contribution in [3.63, 3.8) is 0 Å². The number of aromatic hydroxyl groups is 1. The maximum Gasteiger partial charge on any atom is 0.417 e. The van der Waals surface area contributed by atoms with Gasteiger partial charge in [-0.15, -0.1) is 0 Å². The Kier molecular flexibility index (Phi) is 3.36. The van der Waals surface area contributed by atoms with E-state index in [0.717, 1.165) is 24.3 Å². The highest BCUT2D eigenvalue weighted by molar-refractivity contribution is 6.32. The molecule has 0 saturated carbocycles. The molecule has 2 aromatic rings. The van der Waals surface area contributed by atoms with Gasteiger partial charge in [-0.1, -0.05) is 11.6 Å². The molecule has 0 fully saturated rings. The third-order valence-corrected chi connectivity index (χ3v) is 2.71. The van der Waals surface area contributed by atoms with Gasteiger partial charge < -0.3 is 5.11 Å². The van der Waals surface area contributed by atoms with Gasteiger partial charge in [0.2, 0.25) is 0 Å². The lowest BCUT2D eigenvalue weighted by molar-refractivity contribution is -0.137. The summed E-state index contributed by atoms with van der Waals surface area (Å²) >= 11 is 5.50. The van der Waals surface area contributed by atoms with Crippen LogP contribution < -0.4 is 0 Å². The fraction of sp³-hybridized carbons (Fsp3) is 0.0833. The Morgan fingerprint density at radius 3 is 2.37 bits per heavy atom. The summed E-state index contributed by atoms with van der Waals surface area (Å²) in [7, 11) is 0. The molecule has 0 spiro atoms. The number of hydrogen-bond acceptors (Lipinski definition) is 2. The molecule has 1 N–H and O–H groups in total. The topological polar surface area (TPSA) is 33.1 Å². The average Bonchev–Trinajstić information content (AvgIpc) is 2.33. The highest BCUT2D eigenvalue weighted by atomic mass is 35.5. The van der Waals surface area contributed by atoms with Crippen molar-refractivity contribution < 1.29 is 22.7 Å². The minimum Gasteiger partial charge on any atom is -0.506 e. The molecule has 100 valence electrons. The van der Waals surface area contributed by atoms with Crippen LogP contribution in [0.1, 0.15) is 5.56 Å². The number of phenols is 1. The van der Waals surface area contributed by atoms with E-state index in [1.165, 1.54) is 0 Å². The van der Waals surface area contributed by atoms with Crippen molar-refractivity contribution >= 4 is 11.6 Å². The number of phenolic OH excluding ortho intramolecular Hbond substituents is 1. The van der Waals surface area contributed by atoms with E-state index in [2.05, 4.69) is 4.98 Å². The molecule has 7 heteroatoms. The fourth-order valence-electron chi connectivity index (χ4n) is 1.45. The van der Waals surface area contributed by atoms with Gasteiger partial charge in [0.25, 0.3) is 0 Å². The van der Waals surface area contributed by atoms with Crippen LogP contribution in [0.15, 0.2) is 30.5 Å². The standard InChI is InChI=1S/C12H6ClF4NO/c13-8-4-9(14)7(3-11(8)19)10-2-1-6(5-18-10)12(15,16)17/h1-5,19H. The smallest absolute Gasteiger partial charge is 0.417 e. The molecule has 1 aromatic heterocycles. The van der Waals surface area contributed by atoms with Gasteiger partial charge in [0.1, 0.15) is 11.6 Å². The van der Waals surface area contributed by atoms with E-state index in [0.29, 0.717) is 6.20 Å². The van der Waals surface area contributed by atoms with Crippen LogP contribution in [0.5, 0.6) is 5.75 Å². The highest BCUT2D eigenvalue weighted by Gasteiger charge is 2.30. The second-order valence-corrected chi connectivity index (χ2v) is 4.12. The second-order valence-electron chi connectivity index (χ2n) is 3.71. The normalized spacial score (nSPS) is 11.6. The number of hydrogen-bond donors (Lipinski definition) is 1. The van der Waals surface area contributed by atoms with Crippen molar-refractivity contribution in [1.82, 2.24) is 4.98 Å². The van der Waals surface area contributed by atoms with Crippen molar-refractivity contribution in [3.05, 3.63) is 46.9 Å². The molecule has 0 saturated heterocycles. The van der Waals surface area contributed by atoms with E-state index < -0.39 is 17.6 Å². The molecule has 19 heavy (non-hydrogen) atoms. The first-order chi connectivity index (χ1) is 8.79. The lowest BCUT2D eigenvalue weighted by Crippen LogP contribution is -2.05. The Morgan fingerprint density at radius 1 is 1.16 bits per heavy atom. The zero-order valence-electron chi connectivity index (χ0n) is 9.17.